The number of carbonyl (C=O) groups is 2. The number of morpholine rings is 1. The molecule has 2 rings (SSSR count). The van der Waals surface area contributed by atoms with Crippen LogP contribution < -0.4 is 10.6 Å². The molecule has 0 aromatic heterocycles. The first kappa shape index (κ1) is 18.3. The molecule has 1 aromatic rings. The second-order valence-electron chi connectivity index (χ2n) is 5.91. The van der Waals surface area contributed by atoms with Crippen LogP contribution in [-0.4, -0.2) is 55.1 Å². The number of nitrogens with zero attached hydrogens (tertiary/aromatic N) is 1. The van der Waals surface area contributed by atoms with Crippen molar-refractivity contribution < 1.29 is 23.1 Å². The number of benzene rings is 1. The summed E-state index contributed by atoms with van der Waals surface area (Å²) in [6.07, 6.45) is 0.108. The lowest BCUT2D eigenvalue weighted by molar-refractivity contribution is -0.128. The summed E-state index contributed by atoms with van der Waals surface area (Å²) >= 11 is 0. The summed E-state index contributed by atoms with van der Waals surface area (Å²) in [7, 11) is 0. The van der Waals surface area contributed by atoms with Gasteiger partial charge in [0.2, 0.25) is 11.8 Å². The molecule has 0 bridgehead atoms. The Labute approximate surface area is 139 Å². The van der Waals surface area contributed by atoms with E-state index in [9.17, 15) is 18.4 Å². The second-order valence-corrected chi connectivity index (χ2v) is 5.91. The summed E-state index contributed by atoms with van der Waals surface area (Å²) < 4.78 is 31.5. The van der Waals surface area contributed by atoms with E-state index in [0.29, 0.717) is 13.1 Å². The standard InChI is InChI=1S/C16H21F2N3O3/c1-10-7-21(8-11(2)24-10)9-16(23)19-6-15(22)20-12-3-4-13(17)14(18)5-12/h3-5,10-11H,6-9H2,1-2H3,(H,19,23)(H,20,22). The highest BCUT2D eigenvalue weighted by Gasteiger charge is 2.23. The first-order valence-corrected chi connectivity index (χ1v) is 7.73. The van der Waals surface area contributed by atoms with E-state index >= 15 is 0 Å². The van der Waals surface area contributed by atoms with Gasteiger partial charge in [-0.1, -0.05) is 0 Å². The first-order valence-electron chi connectivity index (χ1n) is 7.73. The quantitative estimate of drug-likeness (QED) is 0.842. The SMILES string of the molecule is CC1CN(CC(=O)NCC(=O)Nc2ccc(F)c(F)c2)CC(C)O1. The number of hydrogen-bond donors (Lipinski definition) is 2. The molecule has 2 unspecified atom stereocenters. The third-order valence-electron chi connectivity index (χ3n) is 3.51. The molecule has 2 atom stereocenters. The summed E-state index contributed by atoms with van der Waals surface area (Å²) in [6, 6.07) is 3.05. The third-order valence-corrected chi connectivity index (χ3v) is 3.51. The zero-order valence-corrected chi connectivity index (χ0v) is 13.6. The number of ether oxygens (including phenoxy) is 1. The molecular weight excluding hydrogens is 320 g/mol. The van der Waals surface area contributed by atoms with E-state index < -0.39 is 17.5 Å². The van der Waals surface area contributed by atoms with Crippen LogP contribution in [0.2, 0.25) is 0 Å². The zero-order valence-electron chi connectivity index (χ0n) is 13.6. The molecule has 0 aliphatic carbocycles. The highest BCUT2D eigenvalue weighted by molar-refractivity contribution is 5.94. The van der Waals surface area contributed by atoms with Crippen LogP contribution in [0.5, 0.6) is 0 Å². The van der Waals surface area contributed by atoms with Crippen molar-refractivity contribution in [2.75, 3.05) is 31.5 Å². The second kappa shape index (κ2) is 8.16. The minimum absolute atomic E-state index is 0.0539. The van der Waals surface area contributed by atoms with Crippen molar-refractivity contribution in [3.05, 3.63) is 29.8 Å². The molecule has 1 aromatic carbocycles. The molecule has 6 nitrogen and oxygen atoms in total. The Morgan fingerprint density at radius 3 is 2.46 bits per heavy atom. The van der Waals surface area contributed by atoms with Gasteiger partial charge < -0.3 is 15.4 Å². The maximum atomic E-state index is 13.1. The van der Waals surface area contributed by atoms with Crippen LogP contribution in [0.1, 0.15) is 13.8 Å². The maximum absolute atomic E-state index is 13.1. The van der Waals surface area contributed by atoms with Crippen LogP contribution in [0.25, 0.3) is 0 Å². The monoisotopic (exact) mass is 341 g/mol. The molecule has 1 aliphatic rings. The van der Waals surface area contributed by atoms with Crippen LogP contribution in [0.3, 0.4) is 0 Å². The molecule has 0 spiro atoms. The number of anilines is 1. The lowest BCUT2D eigenvalue weighted by Gasteiger charge is -2.34. The number of amides is 2. The van der Waals surface area contributed by atoms with Crippen LogP contribution in [0.4, 0.5) is 14.5 Å². The Bertz CT molecular complexity index is 602. The third kappa shape index (κ3) is 5.54. The number of nitrogens with one attached hydrogen (secondary N) is 2. The van der Waals surface area contributed by atoms with Gasteiger partial charge in [-0.15, -0.1) is 0 Å². The van der Waals surface area contributed by atoms with Crippen molar-refractivity contribution in [2.45, 2.75) is 26.1 Å². The van der Waals surface area contributed by atoms with Crippen molar-refractivity contribution in [1.82, 2.24) is 10.2 Å². The topological polar surface area (TPSA) is 70.7 Å². The molecule has 1 fully saturated rings. The summed E-state index contributed by atoms with van der Waals surface area (Å²) in [5.74, 6) is -2.84. The Morgan fingerprint density at radius 2 is 1.83 bits per heavy atom. The normalized spacial score (nSPS) is 21.3. The van der Waals surface area contributed by atoms with Gasteiger partial charge in [-0.2, -0.15) is 0 Å². The van der Waals surface area contributed by atoms with Crippen molar-refractivity contribution >= 4 is 17.5 Å². The van der Waals surface area contributed by atoms with Crippen LogP contribution >= 0.6 is 0 Å². The van der Waals surface area contributed by atoms with Crippen molar-refractivity contribution in [3.8, 4) is 0 Å². The smallest absolute Gasteiger partial charge is 0.243 e. The molecule has 1 saturated heterocycles. The largest absolute Gasteiger partial charge is 0.373 e. The summed E-state index contributed by atoms with van der Waals surface area (Å²) in [6.45, 7) is 5.12. The summed E-state index contributed by atoms with van der Waals surface area (Å²) in [5.41, 5.74) is 0.129. The van der Waals surface area contributed by atoms with Crippen molar-refractivity contribution in [1.29, 1.82) is 0 Å². The van der Waals surface area contributed by atoms with Gasteiger partial charge in [0.15, 0.2) is 11.6 Å². The molecule has 8 heteroatoms. The zero-order chi connectivity index (χ0) is 17.7. The van der Waals surface area contributed by atoms with E-state index in [2.05, 4.69) is 10.6 Å². The van der Waals surface area contributed by atoms with E-state index in [1.807, 2.05) is 18.7 Å². The minimum Gasteiger partial charge on any atom is -0.373 e. The Kier molecular flexibility index (Phi) is 6.22. The lowest BCUT2D eigenvalue weighted by Crippen LogP contribution is -2.49. The van der Waals surface area contributed by atoms with E-state index in [1.165, 1.54) is 6.07 Å². The number of carbonyl (C=O) groups excluding carboxylic acids is 2. The highest BCUT2D eigenvalue weighted by Crippen LogP contribution is 2.13. The summed E-state index contributed by atoms with van der Waals surface area (Å²) in [4.78, 5) is 25.6. The van der Waals surface area contributed by atoms with Crippen LogP contribution in [0.15, 0.2) is 18.2 Å². The van der Waals surface area contributed by atoms with Crippen LogP contribution in [0, 0.1) is 11.6 Å². The predicted octanol–water partition coefficient (Wildman–Crippen LogP) is 1.13. The van der Waals surface area contributed by atoms with E-state index in [4.69, 9.17) is 4.74 Å². The fraction of sp³-hybridized carbons (Fsp3) is 0.500. The van der Waals surface area contributed by atoms with Gasteiger partial charge in [-0.05, 0) is 26.0 Å². The highest BCUT2D eigenvalue weighted by atomic mass is 19.2. The molecule has 0 saturated carbocycles. The van der Waals surface area contributed by atoms with Gasteiger partial charge in [0, 0.05) is 24.8 Å². The first-order chi connectivity index (χ1) is 11.3. The maximum Gasteiger partial charge on any atom is 0.243 e. The van der Waals surface area contributed by atoms with Gasteiger partial charge in [0.25, 0.3) is 0 Å². The van der Waals surface area contributed by atoms with E-state index in [-0.39, 0.29) is 36.9 Å². The van der Waals surface area contributed by atoms with Crippen molar-refractivity contribution in [3.63, 3.8) is 0 Å². The number of hydrogen-bond acceptors (Lipinski definition) is 4. The molecule has 132 valence electrons. The van der Waals surface area contributed by atoms with Gasteiger partial charge >= 0.3 is 0 Å². The average molecular weight is 341 g/mol. The van der Waals surface area contributed by atoms with Gasteiger partial charge in [-0.25, -0.2) is 8.78 Å². The van der Waals surface area contributed by atoms with E-state index in [1.54, 1.807) is 0 Å². The van der Waals surface area contributed by atoms with Crippen molar-refractivity contribution in [2.24, 2.45) is 0 Å². The van der Waals surface area contributed by atoms with Gasteiger partial charge in [0.1, 0.15) is 0 Å². The minimum atomic E-state index is -1.05. The van der Waals surface area contributed by atoms with Crippen LogP contribution in [-0.2, 0) is 14.3 Å². The summed E-state index contributed by atoms with van der Waals surface area (Å²) in [5, 5.41) is 4.89. The van der Waals surface area contributed by atoms with E-state index in [0.717, 1.165) is 12.1 Å². The van der Waals surface area contributed by atoms with Gasteiger partial charge in [-0.3, -0.25) is 14.5 Å². The number of rotatable bonds is 5. The molecule has 1 aliphatic heterocycles. The van der Waals surface area contributed by atoms with Gasteiger partial charge in [0.05, 0.1) is 25.3 Å². The number of halogens is 2. The Morgan fingerprint density at radius 1 is 1.17 bits per heavy atom. The molecule has 24 heavy (non-hydrogen) atoms. The lowest BCUT2D eigenvalue weighted by atomic mass is 10.2. The molecule has 2 amide bonds. The Hall–Kier alpha value is -2.06. The average Bonchev–Trinajstić information content (AvgIpc) is 2.48. The Balaban J connectivity index is 1.74. The molecular formula is C16H21F2N3O3. The molecule has 1 heterocycles. The molecule has 2 N–H and O–H groups in total. The fourth-order valence-electron chi connectivity index (χ4n) is 2.63. The fourth-order valence-corrected chi connectivity index (χ4v) is 2.63. The molecule has 0 radical (unpaired) electrons. The predicted molar refractivity (Wildman–Crippen MR) is 84.4 cm³/mol.